The minimum atomic E-state index is 1.12. The zero-order valence-corrected chi connectivity index (χ0v) is 24.1. The van der Waals surface area contributed by atoms with Crippen LogP contribution in [0.25, 0.3) is 60.2 Å². The second kappa shape index (κ2) is 9.86. The first-order valence-electron chi connectivity index (χ1n) is 15.1. The molecule has 0 atom stereocenters. The van der Waals surface area contributed by atoms with Gasteiger partial charge >= 0.3 is 0 Å². The first-order chi connectivity index (χ1) is 21.8. The van der Waals surface area contributed by atoms with Crippen LogP contribution in [0.1, 0.15) is 0 Å². The summed E-state index contributed by atoms with van der Waals surface area (Å²) in [4.78, 5) is 2.31. The van der Waals surface area contributed by atoms with Crippen LogP contribution in [0.5, 0.6) is 0 Å². The molecule has 0 aliphatic rings. The van der Waals surface area contributed by atoms with Gasteiger partial charge in [-0.25, -0.2) is 0 Å². The lowest BCUT2D eigenvalue weighted by Gasteiger charge is -2.25. The number of benzene rings is 8. The summed E-state index contributed by atoms with van der Waals surface area (Å²) in [6.07, 6.45) is 0. The van der Waals surface area contributed by atoms with Crippen molar-refractivity contribution >= 4 is 60.3 Å². The van der Waals surface area contributed by atoms with Gasteiger partial charge in [-0.1, -0.05) is 115 Å². The molecule has 0 saturated carbocycles. The van der Waals surface area contributed by atoms with E-state index in [1.165, 1.54) is 54.5 Å². The Labute approximate surface area is 256 Å². The van der Waals surface area contributed by atoms with Crippen molar-refractivity contribution in [3.8, 4) is 16.9 Å². The van der Waals surface area contributed by atoms with Gasteiger partial charge in [-0.2, -0.15) is 0 Å². The molecule has 0 spiro atoms. The number of hydrogen-bond acceptors (Lipinski definition) is 1. The van der Waals surface area contributed by atoms with Crippen LogP contribution in [0.2, 0.25) is 0 Å². The molecule has 0 unspecified atom stereocenters. The van der Waals surface area contributed by atoms with Gasteiger partial charge in [0.05, 0.1) is 11.2 Å². The molecule has 1 aromatic heterocycles. The van der Waals surface area contributed by atoms with Gasteiger partial charge in [0.2, 0.25) is 0 Å². The van der Waals surface area contributed by atoms with Gasteiger partial charge in [0.25, 0.3) is 0 Å². The quantitative estimate of drug-likeness (QED) is 0.190. The predicted octanol–water partition coefficient (Wildman–Crippen LogP) is 11.7. The van der Waals surface area contributed by atoms with Crippen LogP contribution in [0.3, 0.4) is 0 Å². The molecule has 2 nitrogen and oxygen atoms in total. The van der Waals surface area contributed by atoms with Gasteiger partial charge in [-0.3, -0.25) is 0 Å². The Bertz CT molecular complexity index is 2370. The maximum absolute atomic E-state index is 2.47. The molecular formula is C42H28N2. The highest BCUT2D eigenvalue weighted by molar-refractivity contribution is 6.33. The smallest absolute Gasteiger partial charge is 0.0620 e. The second-order valence-electron chi connectivity index (χ2n) is 11.4. The molecule has 0 aliphatic heterocycles. The van der Waals surface area contributed by atoms with Crippen LogP contribution in [-0.2, 0) is 0 Å². The normalized spacial score (nSPS) is 11.6. The highest BCUT2D eigenvalue weighted by Crippen LogP contribution is 2.45. The number of fused-ring (bicyclic) bond motifs is 3. The Morgan fingerprint density at radius 3 is 1.52 bits per heavy atom. The highest BCUT2D eigenvalue weighted by atomic mass is 15.1. The summed E-state index contributed by atoms with van der Waals surface area (Å²) in [6.45, 7) is 0. The van der Waals surface area contributed by atoms with Gasteiger partial charge in [0.15, 0.2) is 0 Å². The number of anilines is 3. The SMILES string of the molecule is c1ccc(-c2cc3c4cccc5ccc6cccc(c6c54)c3n2-c2ccc(N(c3ccccc3)c3ccccc3)cc2)cc1. The molecule has 1 heterocycles. The summed E-state index contributed by atoms with van der Waals surface area (Å²) in [5.41, 5.74) is 8.15. The Hall–Kier alpha value is -5.86. The molecule has 0 N–H and O–H groups in total. The van der Waals surface area contributed by atoms with E-state index >= 15 is 0 Å². The third-order valence-electron chi connectivity index (χ3n) is 8.90. The van der Waals surface area contributed by atoms with Gasteiger partial charge in [-0.05, 0) is 87.1 Å². The van der Waals surface area contributed by atoms with Crippen molar-refractivity contribution in [2.75, 3.05) is 4.90 Å². The summed E-state index contributed by atoms with van der Waals surface area (Å²) in [7, 11) is 0. The molecule has 0 saturated heterocycles. The van der Waals surface area contributed by atoms with Crippen LogP contribution >= 0.6 is 0 Å². The fraction of sp³-hybridized carbons (Fsp3) is 0. The van der Waals surface area contributed by atoms with E-state index in [0.717, 1.165) is 22.7 Å². The molecule has 0 radical (unpaired) electrons. The number of nitrogens with zero attached hydrogens (tertiary/aromatic N) is 2. The summed E-state index contributed by atoms with van der Waals surface area (Å²) in [6, 6.07) is 61.3. The van der Waals surface area contributed by atoms with Crippen LogP contribution in [0.15, 0.2) is 170 Å². The summed E-state index contributed by atoms with van der Waals surface area (Å²) >= 11 is 0. The largest absolute Gasteiger partial charge is 0.311 e. The van der Waals surface area contributed by atoms with Crippen molar-refractivity contribution in [3.63, 3.8) is 0 Å². The van der Waals surface area contributed by atoms with Crippen molar-refractivity contribution in [2.45, 2.75) is 0 Å². The van der Waals surface area contributed by atoms with E-state index in [1.54, 1.807) is 0 Å². The number of aromatic nitrogens is 1. The maximum Gasteiger partial charge on any atom is 0.0620 e. The number of para-hydroxylation sites is 2. The molecule has 0 bridgehead atoms. The average molecular weight is 561 g/mol. The van der Waals surface area contributed by atoms with E-state index in [2.05, 4.69) is 179 Å². The fourth-order valence-electron chi connectivity index (χ4n) is 7.00. The molecule has 9 aromatic rings. The first-order valence-corrected chi connectivity index (χ1v) is 15.1. The van der Waals surface area contributed by atoms with Crippen molar-refractivity contribution in [1.82, 2.24) is 4.57 Å². The molecule has 0 aliphatic carbocycles. The van der Waals surface area contributed by atoms with Crippen molar-refractivity contribution < 1.29 is 0 Å². The van der Waals surface area contributed by atoms with Gasteiger partial charge in [-0.15, -0.1) is 0 Å². The summed E-state index contributed by atoms with van der Waals surface area (Å²) in [5.74, 6) is 0. The van der Waals surface area contributed by atoms with Crippen molar-refractivity contribution in [1.29, 1.82) is 0 Å². The second-order valence-corrected chi connectivity index (χ2v) is 11.4. The Morgan fingerprint density at radius 2 is 0.909 bits per heavy atom. The standard InChI is InChI=1S/C42H28N2/c1-4-12-29(13-5-1)39-28-38-36-20-10-14-30-22-23-31-15-11-21-37(41(31)40(30)36)42(38)44(39)35-26-24-34(25-27-35)43(32-16-6-2-7-17-32)33-18-8-3-9-19-33/h1-28H. The predicted molar refractivity (Wildman–Crippen MR) is 187 cm³/mol. The molecule has 0 fully saturated rings. The van der Waals surface area contributed by atoms with Crippen LogP contribution in [0.4, 0.5) is 17.1 Å². The topological polar surface area (TPSA) is 8.17 Å². The summed E-state index contributed by atoms with van der Waals surface area (Å²) < 4.78 is 2.47. The van der Waals surface area contributed by atoms with Gasteiger partial charge in [0, 0.05) is 33.5 Å². The molecule has 2 heteroatoms. The fourth-order valence-corrected chi connectivity index (χ4v) is 7.00. The van der Waals surface area contributed by atoms with E-state index in [-0.39, 0.29) is 0 Å². The van der Waals surface area contributed by atoms with E-state index in [1.807, 2.05) is 0 Å². The molecule has 0 amide bonds. The maximum atomic E-state index is 2.47. The van der Waals surface area contributed by atoms with Crippen LogP contribution < -0.4 is 4.90 Å². The van der Waals surface area contributed by atoms with E-state index in [9.17, 15) is 0 Å². The third-order valence-corrected chi connectivity index (χ3v) is 8.90. The third kappa shape index (κ3) is 3.75. The molecule has 8 aromatic carbocycles. The zero-order valence-electron chi connectivity index (χ0n) is 24.1. The minimum Gasteiger partial charge on any atom is -0.311 e. The average Bonchev–Trinajstić information content (AvgIpc) is 3.51. The Kier molecular flexibility index (Phi) is 5.54. The lowest BCUT2D eigenvalue weighted by Crippen LogP contribution is -2.09. The van der Waals surface area contributed by atoms with E-state index in [4.69, 9.17) is 0 Å². The Balaban J connectivity index is 1.33. The molecular weight excluding hydrogens is 532 g/mol. The summed E-state index contributed by atoms with van der Waals surface area (Å²) in [5, 5.41) is 9.11. The van der Waals surface area contributed by atoms with Crippen LogP contribution in [0, 0.1) is 0 Å². The highest BCUT2D eigenvalue weighted by Gasteiger charge is 2.21. The Morgan fingerprint density at radius 1 is 0.386 bits per heavy atom. The van der Waals surface area contributed by atoms with E-state index < -0.39 is 0 Å². The minimum absolute atomic E-state index is 1.12. The van der Waals surface area contributed by atoms with Crippen LogP contribution in [-0.4, -0.2) is 4.57 Å². The van der Waals surface area contributed by atoms with Crippen molar-refractivity contribution in [2.24, 2.45) is 0 Å². The lowest BCUT2D eigenvalue weighted by atomic mass is 9.92. The lowest BCUT2D eigenvalue weighted by molar-refractivity contribution is 1.14. The van der Waals surface area contributed by atoms with Crippen molar-refractivity contribution in [3.05, 3.63) is 170 Å². The van der Waals surface area contributed by atoms with Gasteiger partial charge in [0.1, 0.15) is 0 Å². The van der Waals surface area contributed by atoms with E-state index in [0.29, 0.717) is 0 Å². The molecule has 44 heavy (non-hydrogen) atoms. The monoisotopic (exact) mass is 560 g/mol. The van der Waals surface area contributed by atoms with Gasteiger partial charge < -0.3 is 9.47 Å². The molecule has 9 rings (SSSR count). The molecule has 206 valence electrons. The zero-order chi connectivity index (χ0) is 29.0. The first kappa shape index (κ1) is 24.7. The number of hydrogen-bond donors (Lipinski definition) is 0. The number of rotatable bonds is 5.